The van der Waals surface area contributed by atoms with Gasteiger partial charge < -0.3 is 15.7 Å². The lowest BCUT2D eigenvalue weighted by molar-refractivity contribution is 0.174. The molecule has 1 aliphatic carbocycles. The van der Waals surface area contributed by atoms with Gasteiger partial charge in [0.1, 0.15) is 5.69 Å². The van der Waals surface area contributed by atoms with Crippen molar-refractivity contribution >= 4 is 6.03 Å². The highest BCUT2D eigenvalue weighted by Crippen LogP contribution is 2.23. The molecule has 0 bridgehead atoms. The lowest BCUT2D eigenvalue weighted by Crippen LogP contribution is -2.44. The minimum absolute atomic E-state index is 0.176. The van der Waals surface area contributed by atoms with Crippen molar-refractivity contribution in [1.29, 1.82) is 0 Å². The number of aliphatic hydroxyl groups excluding tert-OH is 1. The van der Waals surface area contributed by atoms with Gasteiger partial charge in [0.2, 0.25) is 0 Å². The number of amides is 2. The highest BCUT2D eigenvalue weighted by molar-refractivity contribution is 5.74. The van der Waals surface area contributed by atoms with Crippen LogP contribution in [0.15, 0.2) is 36.5 Å². The van der Waals surface area contributed by atoms with Crippen LogP contribution in [0.2, 0.25) is 0 Å². The first-order valence-corrected chi connectivity index (χ1v) is 8.81. The second-order valence-electron chi connectivity index (χ2n) is 6.66. The number of nitrogens with one attached hydrogen (secondary N) is 2. The van der Waals surface area contributed by atoms with Crippen LogP contribution in [0.3, 0.4) is 0 Å². The van der Waals surface area contributed by atoms with E-state index >= 15 is 0 Å². The van der Waals surface area contributed by atoms with Gasteiger partial charge in [-0.05, 0) is 50.7 Å². The Bertz CT molecular complexity index is 680. The molecule has 3 rings (SSSR count). The van der Waals surface area contributed by atoms with Crippen LogP contribution in [0.4, 0.5) is 4.79 Å². The van der Waals surface area contributed by atoms with Crippen LogP contribution in [-0.2, 0) is 0 Å². The molecule has 3 N–H and O–H groups in total. The van der Waals surface area contributed by atoms with Gasteiger partial charge in [-0.15, -0.1) is 5.10 Å². The number of benzene rings is 1. The second-order valence-corrected chi connectivity index (χ2v) is 6.66. The Balaban J connectivity index is 1.51. The average Bonchev–Trinajstić information content (AvgIpc) is 3.13. The van der Waals surface area contributed by atoms with Gasteiger partial charge in [0.15, 0.2) is 0 Å². The lowest BCUT2D eigenvalue weighted by atomic mass is 9.87. The van der Waals surface area contributed by atoms with Gasteiger partial charge in [-0.25, -0.2) is 9.48 Å². The van der Waals surface area contributed by atoms with Gasteiger partial charge >= 0.3 is 6.03 Å². The summed E-state index contributed by atoms with van der Waals surface area (Å²) in [4.78, 5) is 12.2. The van der Waals surface area contributed by atoms with E-state index in [-0.39, 0.29) is 24.7 Å². The molecule has 0 saturated heterocycles. The van der Waals surface area contributed by atoms with Crippen LogP contribution in [0.1, 0.15) is 44.3 Å². The van der Waals surface area contributed by atoms with Gasteiger partial charge in [-0.2, -0.15) is 0 Å². The van der Waals surface area contributed by atoms with Gasteiger partial charge in [0, 0.05) is 12.6 Å². The van der Waals surface area contributed by atoms with E-state index in [1.165, 1.54) is 0 Å². The molecule has 2 amide bonds. The Hall–Kier alpha value is -2.41. The number of aliphatic hydroxyl groups is 1. The third kappa shape index (κ3) is 4.57. The van der Waals surface area contributed by atoms with Gasteiger partial charge in [-0.1, -0.05) is 23.4 Å². The first-order chi connectivity index (χ1) is 12.2. The van der Waals surface area contributed by atoms with Crippen LogP contribution in [0.5, 0.6) is 0 Å². The molecule has 134 valence electrons. The van der Waals surface area contributed by atoms with E-state index in [0.29, 0.717) is 11.6 Å². The summed E-state index contributed by atoms with van der Waals surface area (Å²) in [6.07, 6.45) is 5.58. The molecular weight excluding hydrogens is 318 g/mol. The number of carbonyl (C=O) groups excluding carboxylic acids is 1. The minimum Gasteiger partial charge on any atom is -0.396 e. The predicted molar refractivity (Wildman–Crippen MR) is 94.3 cm³/mol. The molecule has 1 atom stereocenters. The molecule has 7 heteroatoms. The van der Waals surface area contributed by atoms with E-state index < -0.39 is 0 Å². The average molecular weight is 343 g/mol. The van der Waals surface area contributed by atoms with Crippen molar-refractivity contribution in [3.8, 4) is 5.69 Å². The molecule has 1 aliphatic rings. The number of aromatic nitrogens is 3. The molecular formula is C18H25N5O2. The zero-order chi connectivity index (χ0) is 17.6. The van der Waals surface area contributed by atoms with Crippen molar-refractivity contribution in [3.05, 3.63) is 42.2 Å². The Kier molecular flexibility index (Phi) is 5.65. The van der Waals surface area contributed by atoms with Crippen molar-refractivity contribution < 1.29 is 9.90 Å². The first-order valence-electron chi connectivity index (χ1n) is 8.81. The third-order valence-electron chi connectivity index (χ3n) is 4.76. The summed E-state index contributed by atoms with van der Waals surface area (Å²) in [7, 11) is 0. The second kappa shape index (κ2) is 8.11. The van der Waals surface area contributed by atoms with Crippen molar-refractivity contribution in [3.63, 3.8) is 0 Å². The summed E-state index contributed by atoms with van der Waals surface area (Å²) >= 11 is 0. The largest absolute Gasteiger partial charge is 0.396 e. The van der Waals surface area contributed by atoms with E-state index in [0.717, 1.165) is 31.4 Å². The maximum absolute atomic E-state index is 12.2. The number of hydrogen-bond donors (Lipinski definition) is 3. The Morgan fingerprint density at radius 3 is 2.68 bits per heavy atom. The standard InChI is InChI=1S/C18H25N5O2/c1-13(17-11-23(22-21-17)16-5-3-2-4-6-16)19-18(25)20-15-9-7-14(12-24)8-10-15/h2-6,11,13-15,24H,7-10,12H2,1H3,(H2,19,20,25). The van der Waals surface area contributed by atoms with Gasteiger partial charge in [0.05, 0.1) is 17.9 Å². The smallest absolute Gasteiger partial charge is 0.315 e. The summed E-state index contributed by atoms with van der Waals surface area (Å²) in [6.45, 7) is 2.13. The molecule has 1 aromatic carbocycles. The molecule has 1 heterocycles. The predicted octanol–water partition coefficient (Wildman–Crippen LogP) is 2.18. The summed E-state index contributed by atoms with van der Waals surface area (Å²) in [5.74, 6) is 0.382. The molecule has 25 heavy (non-hydrogen) atoms. The van der Waals surface area contributed by atoms with E-state index in [2.05, 4.69) is 20.9 Å². The monoisotopic (exact) mass is 343 g/mol. The third-order valence-corrected chi connectivity index (χ3v) is 4.76. The highest BCUT2D eigenvalue weighted by atomic mass is 16.3. The van der Waals surface area contributed by atoms with E-state index in [1.54, 1.807) is 4.68 Å². The van der Waals surface area contributed by atoms with Crippen LogP contribution in [0.25, 0.3) is 5.69 Å². The van der Waals surface area contributed by atoms with Crippen LogP contribution in [-0.4, -0.2) is 38.8 Å². The summed E-state index contributed by atoms with van der Waals surface area (Å²) in [5.41, 5.74) is 1.64. The molecule has 0 radical (unpaired) electrons. The fraction of sp³-hybridized carbons (Fsp3) is 0.500. The zero-order valence-corrected chi connectivity index (χ0v) is 14.4. The van der Waals surface area contributed by atoms with Gasteiger partial charge in [-0.3, -0.25) is 0 Å². The van der Waals surface area contributed by atoms with Crippen molar-refractivity contribution in [2.45, 2.75) is 44.7 Å². The quantitative estimate of drug-likeness (QED) is 0.776. The Morgan fingerprint density at radius 1 is 1.28 bits per heavy atom. The molecule has 1 saturated carbocycles. The topological polar surface area (TPSA) is 92.1 Å². The number of urea groups is 1. The minimum atomic E-state index is -0.230. The Labute approximate surface area is 147 Å². The number of para-hydroxylation sites is 1. The summed E-state index contributed by atoms with van der Waals surface area (Å²) in [5, 5.41) is 23.4. The summed E-state index contributed by atoms with van der Waals surface area (Å²) in [6, 6.07) is 9.49. The number of carbonyl (C=O) groups is 1. The van der Waals surface area contributed by atoms with Crippen LogP contribution >= 0.6 is 0 Å². The van der Waals surface area contributed by atoms with Gasteiger partial charge in [0.25, 0.3) is 0 Å². The fourth-order valence-corrected chi connectivity index (χ4v) is 3.17. The van der Waals surface area contributed by atoms with Crippen molar-refractivity contribution in [1.82, 2.24) is 25.6 Å². The molecule has 7 nitrogen and oxygen atoms in total. The Morgan fingerprint density at radius 2 is 2.00 bits per heavy atom. The summed E-state index contributed by atoms with van der Waals surface area (Å²) < 4.78 is 1.70. The van der Waals surface area contributed by atoms with E-state index in [4.69, 9.17) is 0 Å². The van der Waals surface area contributed by atoms with E-state index in [1.807, 2.05) is 43.5 Å². The fourth-order valence-electron chi connectivity index (χ4n) is 3.17. The highest BCUT2D eigenvalue weighted by Gasteiger charge is 2.22. The molecule has 1 unspecified atom stereocenters. The molecule has 0 aliphatic heterocycles. The molecule has 2 aromatic rings. The molecule has 1 fully saturated rings. The van der Waals surface area contributed by atoms with Crippen LogP contribution < -0.4 is 10.6 Å². The van der Waals surface area contributed by atoms with E-state index in [9.17, 15) is 9.90 Å². The van der Waals surface area contributed by atoms with Crippen molar-refractivity contribution in [2.75, 3.05) is 6.61 Å². The lowest BCUT2D eigenvalue weighted by Gasteiger charge is -2.28. The SMILES string of the molecule is CC(NC(=O)NC1CCC(CO)CC1)c1cn(-c2ccccc2)nn1. The normalized spacial score (nSPS) is 21.5. The number of hydrogen-bond acceptors (Lipinski definition) is 4. The first kappa shape index (κ1) is 17.4. The zero-order valence-electron chi connectivity index (χ0n) is 14.4. The maximum atomic E-state index is 12.2. The molecule has 1 aromatic heterocycles. The number of rotatable bonds is 5. The van der Waals surface area contributed by atoms with Crippen molar-refractivity contribution in [2.24, 2.45) is 5.92 Å². The number of nitrogens with zero attached hydrogens (tertiary/aromatic N) is 3. The maximum Gasteiger partial charge on any atom is 0.315 e. The molecule has 0 spiro atoms. The van der Waals surface area contributed by atoms with Crippen LogP contribution in [0, 0.1) is 5.92 Å².